The number of nitrogens with zero attached hydrogens (tertiary/aromatic N) is 1. The lowest BCUT2D eigenvalue weighted by atomic mass is 9.99. The molecule has 0 bridgehead atoms. The Morgan fingerprint density at radius 2 is 1.72 bits per heavy atom. The first-order valence-electron chi connectivity index (χ1n) is 12.7. The summed E-state index contributed by atoms with van der Waals surface area (Å²) >= 11 is 0. The zero-order chi connectivity index (χ0) is 27.9. The standard InChI is InChI=1S/C30H32N2O7/c1-5-38-25-15-10-19(16-26(25)37-4)24(17-27(33)39-6-2)31-29(34)23-9-7-8-20-18-32(30(35)28(20)23)21-11-13-22(36-3)14-12-21/h7-16,24H,5-6,17-18H2,1-4H3,(H,31,34)/t24-/m0/s1. The van der Waals surface area contributed by atoms with Crippen molar-refractivity contribution in [2.24, 2.45) is 0 Å². The summed E-state index contributed by atoms with van der Waals surface area (Å²) in [6, 6.07) is 16.9. The van der Waals surface area contributed by atoms with E-state index in [0.29, 0.717) is 47.2 Å². The predicted molar refractivity (Wildman–Crippen MR) is 146 cm³/mol. The van der Waals surface area contributed by atoms with Crippen LogP contribution in [0.25, 0.3) is 0 Å². The van der Waals surface area contributed by atoms with Gasteiger partial charge in [-0.2, -0.15) is 0 Å². The summed E-state index contributed by atoms with van der Waals surface area (Å²) in [6.45, 7) is 4.60. The van der Waals surface area contributed by atoms with Crippen molar-refractivity contribution in [2.45, 2.75) is 32.9 Å². The Bertz CT molecular complexity index is 1350. The number of benzene rings is 3. The number of ether oxygens (including phenoxy) is 4. The topological polar surface area (TPSA) is 103 Å². The largest absolute Gasteiger partial charge is 0.497 e. The third-order valence-corrected chi connectivity index (χ3v) is 6.44. The molecule has 2 amide bonds. The fourth-order valence-corrected chi connectivity index (χ4v) is 4.57. The van der Waals surface area contributed by atoms with Gasteiger partial charge in [0.1, 0.15) is 5.75 Å². The van der Waals surface area contributed by atoms with Gasteiger partial charge in [-0.15, -0.1) is 0 Å². The van der Waals surface area contributed by atoms with Gasteiger partial charge in [-0.05, 0) is 67.4 Å². The Balaban J connectivity index is 1.63. The van der Waals surface area contributed by atoms with E-state index in [2.05, 4.69) is 5.32 Å². The summed E-state index contributed by atoms with van der Waals surface area (Å²) in [6.07, 6.45) is -0.0995. The van der Waals surface area contributed by atoms with E-state index in [1.165, 1.54) is 7.11 Å². The van der Waals surface area contributed by atoms with Crippen molar-refractivity contribution in [3.8, 4) is 17.2 Å². The van der Waals surface area contributed by atoms with Gasteiger partial charge in [0.2, 0.25) is 0 Å². The molecule has 3 aromatic rings. The molecule has 39 heavy (non-hydrogen) atoms. The van der Waals surface area contributed by atoms with Gasteiger partial charge in [0.25, 0.3) is 11.8 Å². The molecule has 1 heterocycles. The summed E-state index contributed by atoms with van der Waals surface area (Å²) in [5.41, 5.74) is 2.65. The van der Waals surface area contributed by atoms with E-state index >= 15 is 0 Å². The third kappa shape index (κ3) is 5.98. The van der Waals surface area contributed by atoms with Crippen LogP contribution in [0, 0.1) is 0 Å². The second kappa shape index (κ2) is 12.3. The highest BCUT2D eigenvalue weighted by molar-refractivity contribution is 6.16. The van der Waals surface area contributed by atoms with Crippen LogP contribution in [0.1, 0.15) is 58.2 Å². The van der Waals surface area contributed by atoms with Gasteiger partial charge < -0.3 is 29.2 Å². The molecule has 0 spiro atoms. The molecule has 0 saturated heterocycles. The third-order valence-electron chi connectivity index (χ3n) is 6.44. The molecular weight excluding hydrogens is 500 g/mol. The van der Waals surface area contributed by atoms with Gasteiger partial charge in [0, 0.05) is 5.69 Å². The maximum atomic E-state index is 13.6. The number of methoxy groups -OCH3 is 2. The minimum Gasteiger partial charge on any atom is -0.497 e. The molecule has 0 unspecified atom stereocenters. The normalized spacial score (nSPS) is 12.9. The minimum absolute atomic E-state index is 0.0995. The average molecular weight is 533 g/mol. The molecule has 0 aromatic heterocycles. The summed E-state index contributed by atoms with van der Waals surface area (Å²) < 4.78 is 21.4. The number of fused-ring (bicyclic) bond motifs is 1. The Labute approximate surface area is 227 Å². The molecule has 1 atom stereocenters. The zero-order valence-electron chi connectivity index (χ0n) is 22.5. The lowest BCUT2D eigenvalue weighted by Gasteiger charge is -2.21. The SMILES string of the molecule is CCOC(=O)C[C@H](NC(=O)c1cccc2c1C(=O)N(c1ccc(OC)cc1)C2)c1ccc(OCC)c(OC)c1. The first-order valence-corrected chi connectivity index (χ1v) is 12.7. The van der Waals surface area contributed by atoms with Crippen molar-refractivity contribution >= 4 is 23.5 Å². The van der Waals surface area contributed by atoms with E-state index in [4.69, 9.17) is 18.9 Å². The van der Waals surface area contributed by atoms with Crippen LogP contribution in [-0.2, 0) is 16.1 Å². The fraction of sp³-hybridized carbons (Fsp3) is 0.300. The number of carbonyl (C=O) groups is 3. The van der Waals surface area contributed by atoms with Gasteiger partial charge in [0.15, 0.2) is 11.5 Å². The highest BCUT2D eigenvalue weighted by Crippen LogP contribution is 2.34. The quantitative estimate of drug-likeness (QED) is 0.358. The van der Waals surface area contributed by atoms with E-state index in [0.717, 1.165) is 5.56 Å². The number of anilines is 1. The lowest BCUT2D eigenvalue weighted by molar-refractivity contribution is -0.143. The molecule has 0 saturated carbocycles. The van der Waals surface area contributed by atoms with E-state index in [9.17, 15) is 14.4 Å². The smallest absolute Gasteiger partial charge is 0.308 e. The second-order valence-corrected chi connectivity index (χ2v) is 8.81. The zero-order valence-corrected chi connectivity index (χ0v) is 22.5. The Morgan fingerprint density at radius 3 is 2.38 bits per heavy atom. The van der Waals surface area contributed by atoms with Crippen molar-refractivity contribution in [3.05, 3.63) is 82.9 Å². The fourth-order valence-electron chi connectivity index (χ4n) is 4.57. The number of hydrogen-bond donors (Lipinski definition) is 1. The molecule has 0 radical (unpaired) electrons. The monoisotopic (exact) mass is 532 g/mol. The Morgan fingerprint density at radius 1 is 0.949 bits per heavy atom. The Hall–Kier alpha value is -4.53. The lowest BCUT2D eigenvalue weighted by Crippen LogP contribution is -2.32. The average Bonchev–Trinajstić information content (AvgIpc) is 3.29. The van der Waals surface area contributed by atoms with Crippen molar-refractivity contribution < 1.29 is 33.3 Å². The molecule has 1 aliphatic heterocycles. The van der Waals surface area contributed by atoms with Gasteiger partial charge >= 0.3 is 5.97 Å². The number of esters is 1. The Kier molecular flexibility index (Phi) is 8.70. The molecule has 9 heteroatoms. The highest BCUT2D eigenvalue weighted by Gasteiger charge is 2.33. The maximum absolute atomic E-state index is 13.6. The molecule has 9 nitrogen and oxygen atoms in total. The number of hydrogen-bond acceptors (Lipinski definition) is 7. The van der Waals surface area contributed by atoms with Crippen molar-refractivity contribution in [1.82, 2.24) is 5.32 Å². The maximum Gasteiger partial charge on any atom is 0.308 e. The number of amides is 2. The van der Waals surface area contributed by atoms with Crippen molar-refractivity contribution in [1.29, 1.82) is 0 Å². The van der Waals surface area contributed by atoms with Crippen LogP contribution in [0.4, 0.5) is 5.69 Å². The number of rotatable bonds is 11. The van der Waals surface area contributed by atoms with Crippen LogP contribution in [-0.4, -0.2) is 45.2 Å². The molecular formula is C30H32N2O7. The van der Waals surface area contributed by atoms with Crippen molar-refractivity contribution in [3.63, 3.8) is 0 Å². The van der Waals surface area contributed by atoms with Gasteiger partial charge in [-0.25, -0.2) is 0 Å². The summed E-state index contributed by atoms with van der Waals surface area (Å²) in [7, 11) is 3.10. The van der Waals surface area contributed by atoms with E-state index in [-0.39, 0.29) is 24.5 Å². The highest BCUT2D eigenvalue weighted by atomic mass is 16.5. The summed E-state index contributed by atoms with van der Waals surface area (Å²) in [4.78, 5) is 41.2. The molecule has 1 N–H and O–H groups in total. The molecule has 0 fully saturated rings. The molecule has 0 aliphatic carbocycles. The van der Waals surface area contributed by atoms with Crippen LogP contribution in [0.15, 0.2) is 60.7 Å². The second-order valence-electron chi connectivity index (χ2n) is 8.81. The van der Waals surface area contributed by atoms with Gasteiger partial charge in [-0.1, -0.05) is 18.2 Å². The van der Waals surface area contributed by atoms with Crippen molar-refractivity contribution in [2.75, 3.05) is 32.3 Å². The molecule has 1 aliphatic rings. The van der Waals surface area contributed by atoms with Crippen LogP contribution < -0.4 is 24.4 Å². The van der Waals surface area contributed by atoms with E-state index < -0.39 is 17.9 Å². The first-order chi connectivity index (χ1) is 18.9. The minimum atomic E-state index is -0.730. The summed E-state index contributed by atoms with van der Waals surface area (Å²) in [5, 5.41) is 2.94. The van der Waals surface area contributed by atoms with Gasteiger partial charge in [0.05, 0.1) is 57.6 Å². The summed E-state index contributed by atoms with van der Waals surface area (Å²) in [5.74, 6) is 0.500. The van der Waals surface area contributed by atoms with Crippen LogP contribution in [0.3, 0.4) is 0 Å². The van der Waals surface area contributed by atoms with Crippen LogP contribution in [0.5, 0.6) is 17.2 Å². The first kappa shape index (κ1) is 27.5. The number of carbonyl (C=O) groups excluding carboxylic acids is 3. The van der Waals surface area contributed by atoms with Crippen LogP contribution in [0.2, 0.25) is 0 Å². The molecule has 3 aromatic carbocycles. The molecule has 204 valence electrons. The van der Waals surface area contributed by atoms with E-state index in [1.54, 1.807) is 73.5 Å². The van der Waals surface area contributed by atoms with Gasteiger partial charge in [-0.3, -0.25) is 14.4 Å². The van der Waals surface area contributed by atoms with Crippen LogP contribution >= 0.6 is 0 Å². The van der Waals surface area contributed by atoms with E-state index in [1.807, 2.05) is 13.0 Å². The number of nitrogens with one attached hydrogen (secondary N) is 1. The predicted octanol–water partition coefficient (Wildman–Crippen LogP) is 4.69. The molecule has 4 rings (SSSR count).